The topological polar surface area (TPSA) is 53.7 Å². The Hall–Kier alpha value is -1.57. The zero-order valence-electron chi connectivity index (χ0n) is 13.6. The molecule has 5 nitrogen and oxygen atoms in total. The average molecular weight is 426 g/mol. The Morgan fingerprint density at radius 3 is 2.83 bits per heavy atom. The lowest BCUT2D eigenvalue weighted by atomic mass is 10.0. The summed E-state index contributed by atoms with van der Waals surface area (Å²) < 4.78 is 5.31. The fraction of sp³-hybridized carbons (Fsp3) is 0.412. The first-order chi connectivity index (χ1) is 10.8. The Morgan fingerprint density at radius 2 is 2.13 bits per heavy atom. The van der Waals surface area contributed by atoms with E-state index < -0.39 is 0 Å². The first-order valence-electron chi connectivity index (χ1n) is 7.77. The van der Waals surface area contributed by atoms with Crippen LogP contribution in [0.5, 0.6) is 0 Å². The number of nitrogens with one attached hydrogen (secondary N) is 1. The summed E-state index contributed by atoms with van der Waals surface area (Å²) in [4.78, 5) is 6.67. The minimum absolute atomic E-state index is 0. The van der Waals surface area contributed by atoms with Gasteiger partial charge in [-0.2, -0.15) is 0 Å². The molecule has 0 spiro atoms. The van der Waals surface area contributed by atoms with Gasteiger partial charge in [-0.3, -0.25) is 4.99 Å². The molecule has 0 saturated carbocycles. The summed E-state index contributed by atoms with van der Waals surface area (Å²) in [5, 5.41) is 7.38. The number of halogens is 1. The molecule has 6 heteroatoms. The molecule has 0 atom stereocenters. The van der Waals surface area contributed by atoms with E-state index in [4.69, 9.17) is 4.52 Å². The van der Waals surface area contributed by atoms with Crippen LogP contribution in [0.1, 0.15) is 29.5 Å². The normalized spacial score (nSPS) is 14.2. The molecule has 2 heterocycles. The third-order valence-electron chi connectivity index (χ3n) is 4.03. The molecule has 1 aromatic heterocycles. The molecule has 0 unspecified atom stereocenters. The summed E-state index contributed by atoms with van der Waals surface area (Å²) in [5.41, 5.74) is 3.81. The Labute approximate surface area is 154 Å². The van der Waals surface area contributed by atoms with Gasteiger partial charge < -0.3 is 14.7 Å². The van der Waals surface area contributed by atoms with E-state index in [1.54, 1.807) is 0 Å². The predicted octanol–water partition coefficient (Wildman–Crippen LogP) is 2.99. The number of hydrogen-bond acceptors (Lipinski definition) is 3. The van der Waals surface area contributed by atoms with Crippen molar-refractivity contribution >= 4 is 29.9 Å². The Balaban J connectivity index is 0.00000192. The van der Waals surface area contributed by atoms with Crippen molar-refractivity contribution < 1.29 is 4.52 Å². The van der Waals surface area contributed by atoms with Crippen molar-refractivity contribution in [1.29, 1.82) is 0 Å². The largest absolute Gasteiger partial charge is 0.359 e. The van der Waals surface area contributed by atoms with Gasteiger partial charge in [0, 0.05) is 26.2 Å². The highest BCUT2D eigenvalue weighted by atomic mass is 127. The van der Waals surface area contributed by atoms with Gasteiger partial charge in [-0.1, -0.05) is 36.3 Å². The average Bonchev–Trinajstić information content (AvgIpc) is 3.03. The number of aromatic nitrogens is 1. The summed E-state index contributed by atoms with van der Waals surface area (Å²) >= 11 is 0. The van der Waals surface area contributed by atoms with Gasteiger partial charge in [-0.05, 0) is 24.0 Å². The van der Waals surface area contributed by atoms with Crippen LogP contribution in [0.3, 0.4) is 0 Å². The highest BCUT2D eigenvalue weighted by Crippen LogP contribution is 2.18. The Kier molecular flexibility index (Phi) is 6.44. The predicted molar refractivity (Wildman–Crippen MR) is 102 cm³/mol. The van der Waals surface area contributed by atoms with E-state index in [0.29, 0.717) is 6.54 Å². The second-order valence-electron chi connectivity index (χ2n) is 5.48. The van der Waals surface area contributed by atoms with Crippen molar-refractivity contribution in [3.63, 3.8) is 0 Å². The Morgan fingerprint density at radius 1 is 1.35 bits per heavy atom. The van der Waals surface area contributed by atoms with Crippen molar-refractivity contribution in [2.24, 2.45) is 4.99 Å². The summed E-state index contributed by atoms with van der Waals surface area (Å²) in [5.74, 6) is 1.75. The molecule has 1 aromatic carbocycles. The first-order valence-corrected chi connectivity index (χ1v) is 7.77. The van der Waals surface area contributed by atoms with Gasteiger partial charge in [-0.15, -0.1) is 24.0 Å². The molecule has 0 bridgehead atoms. The lowest BCUT2D eigenvalue weighted by molar-refractivity contribution is 0.358. The number of aryl methyl sites for hydroxylation is 1. The monoisotopic (exact) mass is 426 g/mol. The minimum atomic E-state index is 0. The molecule has 0 radical (unpaired) electrons. The Bertz CT molecular complexity index is 668. The van der Waals surface area contributed by atoms with Crippen LogP contribution in [0.25, 0.3) is 0 Å². The van der Waals surface area contributed by atoms with Crippen LogP contribution in [0, 0.1) is 0 Å². The fourth-order valence-corrected chi connectivity index (χ4v) is 2.78. The van der Waals surface area contributed by atoms with E-state index in [9.17, 15) is 0 Å². The standard InChI is InChI=1S/C17H22N4O.HI/c1-3-15-10-16(22-20-15)11-19-17(18-2)21-9-8-13-6-4-5-7-14(13)12-21;/h4-7,10H,3,8-9,11-12H2,1-2H3,(H,18,19);1H. The summed E-state index contributed by atoms with van der Waals surface area (Å²) in [6.07, 6.45) is 1.94. The highest BCUT2D eigenvalue weighted by molar-refractivity contribution is 14.0. The van der Waals surface area contributed by atoms with E-state index in [1.807, 2.05) is 13.1 Å². The second-order valence-corrected chi connectivity index (χ2v) is 5.48. The van der Waals surface area contributed by atoms with Gasteiger partial charge in [0.1, 0.15) is 0 Å². The maximum absolute atomic E-state index is 5.31. The molecule has 23 heavy (non-hydrogen) atoms. The highest BCUT2D eigenvalue weighted by Gasteiger charge is 2.18. The van der Waals surface area contributed by atoms with E-state index in [0.717, 1.165) is 43.3 Å². The van der Waals surface area contributed by atoms with Crippen molar-refractivity contribution in [2.75, 3.05) is 13.6 Å². The van der Waals surface area contributed by atoms with Gasteiger partial charge in [0.15, 0.2) is 11.7 Å². The number of guanidine groups is 1. The number of fused-ring (bicyclic) bond motifs is 1. The third-order valence-corrected chi connectivity index (χ3v) is 4.03. The molecule has 0 fully saturated rings. The molecule has 0 saturated heterocycles. The van der Waals surface area contributed by atoms with Crippen LogP contribution in [0.15, 0.2) is 39.8 Å². The number of nitrogens with zero attached hydrogens (tertiary/aromatic N) is 3. The van der Waals surface area contributed by atoms with E-state index in [2.05, 4.69) is 51.6 Å². The minimum Gasteiger partial charge on any atom is -0.359 e. The maximum atomic E-state index is 5.31. The summed E-state index contributed by atoms with van der Waals surface area (Å²) in [6, 6.07) is 10.6. The van der Waals surface area contributed by atoms with Gasteiger partial charge in [0.25, 0.3) is 0 Å². The maximum Gasteiger partial charge on any atom is 0.194 e. The zero-order chi connectivity index (χ0) is 15.4. The molecule has 0 aliphatic carbocycles. The number of rotatable bonds is 3. The first kappa shape index (κ1) is 17.8. The molecular weight excluding hydrogens is 403 g/mol. The third kappa shape index (κ3) is 4.25. The van der Waals surface area contributed by atoms with E-state index in [1.165, 1.54) is 11.1 Å². The van der Waals surface area contributed by atoms with Crippen LogP contribution < -0.4 is 5.32 Å². The number of aliphatic imine (C=N–C) groups is 1. The van der Waals surface area contributed by atoms with Gasteiger partial charge in [-0.25, -0.2) is 0 Å². The SMILES string of the molecule is CCc1cc(CNC(=NC)N2CCc3ccccc3C2)on1.I. The quantitative estimate of drug-likeness (QED) is 0.466. The number of benzene rings is 1. The van der Waals surface area contributed by atoms with Crippen molar-refractivity contribution in [3.8, 4) is 0 Å². The van der Waals surface area contributed by atoms with Crippen LogP contribution in [-0.4, -0.2) is 29.6 Å². The summed E-state index contributed by atoms with van der Waals surface area (Å²) in [7, 11) is 1.82. The zero-order valence-corrected chi connectivity index (χ0v) is 15.9. The summed E-state index contributed by atoms with van der Waals surface area (Å²) in [6.45, 7) is 4.55. The van der Waals surface area contributed by atoms with Crippen LogP contribution in [0.4, 0.5) is 0 Å². The lowest BCUT2D eigenvalue weighted by Gasteiger charge is -2.31. The molecular formula is C17H23IN4O. The van der Waals surface area contributed by atoms with Crippen molar-refractivity contribution in [2.45, 2.75) is 32.9 Å². The molecule has 1 aliphatic rings. The molecule has 3 rings (SSSR count). The second kappa shape index (κ2) is 8.33. The van der Waals surface area contributed by atoms with E-state index in [-0.39, 0.29) is 24.0 Å². The number of hydrogen-bond donors (Lipinski definition) is 1. The lowest BCUT2D eigenvalue weighted by Crippen LogP contribution is -2.43. The fourth-order valence-electron chi connectivity index (χ4n) is 2.78. The van der Waals surface area contributed by atoms with Gasteiger partial charge >= 0.3 is 0 Å². The molecule has 1 N–H and O–H groups in total. The van der Waals surface area contributed by atoms with Crippen molar-refractivity contribution in [3.05, 3.63) is 52.9 Å². The molecule has 124 valence electrons. The van der Waals surface area contributed by atoms with Crippen molar-refractivity contribution in [1.82, 2.24) is 15.4 Å². The van der Waals surface area contributed by atoms with Crippen LogP contribution in [0.2, 0.25) is 0 Å². The van der Waals surface area contributed by atoms with Gasteiger partial charge in [0.2, 0.25) is 0 Å². The molecule has 1 aliphatic heterocycles. The molecule has 2 aromatic rings. The van der Waals surface area contributed by atoms with Gasteiger partial charge in [0.05, 0.1) is 12.2 Å². The van der Waals surface area contributed by atoms with Crippen LogP contribution in [-0.2, 0) is 25.9 Å². The molecule has 0 amide bonds. The smallest absolute Gasteiger partial charge is 0.194 e. The van der Waals surface area contributed by atoms with E-state index >= 15 is 0 Å². The van der Waals surface area contributed by atoms with Crippen LogP contribution >= 0.6 is 24.0 Å².